The van der Waals surface area contributed by atoms with E-state index in [1.807, 2.05) is 0 Å². The van der Waals surface area contributed by atoms with Crippen LogP contribution in [0.4, 0.5) is 4.79 Å². The lowest BCUT2D eigenvalue weighted by Crippen LogP contribution is -2.34. The predicted molar refractivity (Wildman–Crippen MR) is 89.0 cm³/mol. The predicted octanol–water partition coefficient (Wildman–Crippen LogP) is 0.971. The maximum Gasteiger partial charge on any atom is 0.407 e. The molecule has 0 aliphatic rings. The molecule has 3 N–H and O–H groups in total. The average Bonchev–Trinajstić information content (AvgIpc) is 3.07. The number of ether oxygens (including phenoxy) is 1. The quantitative estimate of drug-likeness (QED) is 0.710. The van der Waals surface area contributed by atoms with Gasteiger partial charge in [0.05, 0.1) is 6.10 Å². The number of amides is 1. The van der Waals surface area contributed by atoms with Crippen molar-refractivity contribution in [1.29, 1.82) is 0 Å². The average molecular weight is 349 g/mol. The zero-order valence-corrected chi connectivity index (χ0v) is 14.5. The van der Waals surface area contributed by atoms with Crippen molar-refractivity contribution in [3.8, 4) is 5.95 Å². The molecule has 2 rings (SSSR count). The number of nitrogens with one attached hydrogen (secondary N) is 1. The first kappa shape index (κ1) is 18.8. The van der Waals surface area contributed by atoms with Crippen LogP contribution in [0, 0.1) is 0 Å². The Bertz CT molecular complexity index is 667. The number of alkyl carbamates (subject to hydrolysis) is 1. The Morgan fingerprint density at radius 2 is 2.00 bits per heavy atom. The molecule has 136 valence electrons. The molecular formula is C16H23N5O4. The van der Waals surface area contributed by atoms with Gasteiger partial charge in [0.25, 0.3) is 0 Å². The van der Waals surface area contributed by atoms with E-state index in [-0.39, 0.29) is 13.0 Å². The van der Waals surface area contributed by atoms with E-state index in [2.05, 4.69) is 20.3 Å². The minimum absolute atomic E-state index is 0.156. The molecule has 2 aromatic rings. The standard InChI is InChI=1S/C16H23N5O4/c1-16(2,3)25-15(24)18-5-4-12(22)13(23)11-8-19-14(20-9-11)21-7-6-17-10-21/h6-10,12-13,22-23H,4-5H2,1-3H3,(H,18,24). The number of nitrogens with zero attached hydrogens (tertiary/aromatic N) is 4. The van der Waals surface area contributed by atoms with Gasteiger partial charge in [-0.1, -0.05) is 0 Å². The van der Waals surface area contributed by atoms with Crippen molar-refractivity contribution in [3.05, 3.63) is 36.7 Å². The number of hydrogen-bond donors (Lipinski definition) is 3. The van der Waals surface area contributed by atoms with Crippen LogP contribution in [0.3, 0.4) is 0 Å². The molecule has 1 amide bonds. The highest BCUT2D eigenvalue weighted by atomic mass is 16.6. The third-order valence-corrected chi connectivity index (χ3v) is 3.21. The minimum Gasteiger partial charge on any atom is -0.444 e. The minimum atomic E-state index is -1.16. The van der Waals surface area contributed by atoms with Gasteiger partial charge in [0, 0.05) is 36.9 Å². The zero-order valence-electron chi connectivity index (χ0n) is 14.5. The highest BCUT2D eigenvalue weighted by Gasteiger charge is 2.20. The molecule has 0 aliphatic heterocycles. The first-order valence-corrected chi connectivity index (χ1v) is 7.89. The van der Waals surface area contributed by atoms with Crippen molar-refractivity contribution in [3.63, 3.8) is 0 Å². The summed E-state index contributed by atoms with van der Waals surface area (Å²) in [5.41, 5.74) is -0.204. The molecular weight excluding hydrogens is 326 g/mol. The Hall–Kier alpha value is -2.52. The second-order valence-corrected chi connectivity index (χ2v) is 6.52. The summed E-state index contributed by atoms with van der Waals surface area (Å²) in [6.07, 6.45) is 5.11. The lowest BCUT2D eigenvalue weighted by atomic mass is 10.1. The van der Waals surface area contributed by atoms with Gasteiger partial charge in [-0.15, -0.1) is 0 Å². The van der Waals surface area contributed by atoms with Crippen LogP contribution in [0.1, 0.15) is 38.9 Å². The fraction of sp³-hybridized carbons (Fsp3) is 0.500. The van der Waals surface area contributed by atoms with Crippen molar-refractivity contribution in [2.75, 3.05) is 6.54 Å². The molecule has 0 spiro atoms. The van der Waals surface area contributed by atoms with Crippen LogP contribution in [0.5, 0.6) is 0 Å². The molecule has 0 aliphatic carbocycles. The molecule has 25 heavy (non-hydrogen) atoms. The van der Waals surface area contributed by atoms with E-state index in [0.717, 1.165) is 0 Å². The molecule has 0 aromatic carbocycles. The first-order chi connectivity index (χ1) is 11.8. The summed E-state index contributed by atoms with van der Waals surface area (Å²) in [6, 6.07) is 0. The Morgan fingerprint density at radius 3 is 2.56 bits per heavy atom. The van der Waals surface area contributed by atoms with Crippen LogP contribution in [0.2, 0.25) is 0 Å². The molecule has 9 heteroatoms. The van der Waals surface area contributed by atoms with Gasteiger partial charge >= 0.3 is 6.09 Å². The summed E-state index contributed by atoms with van der Waals surface area (Å²) >= 11 is 0. The van der Waals surface area contributed by atoms with E-state index in [4.69, 9.17) is 4.74 Å². The second-order valence-electron chi connectivity index (χ2n) is 6.52. The number of rotatable bonds is 6. The number of carbonyl (C=O) groups excluding carboxylic acids is 1. The van der Waals surface area contributed by atoms with Crippen LogP contribution in [0.25, 0.3) is 5.95 Å². The fourth-order valence-electron chi connectivity index (χ4n) is 2.01. The van der Waals surface area contributed by atoms with E-state index in [1.54, 1.807) is 44.1 Å². The van der Waals surface area contributed by atoms with Gasteiger partial charge < -0.3 is 20.3 Å². The summed E-state index contributed by atoms with van der Waals surface area (Å²) in [7, 11) is 0. The highest BCUT2D eigenvalue weighted by Crippen LogP contribution is 2.17. The lowest BCUT2D eigenvalue weighted by molar-refractivity contribution is 0.0119. The third kappa shape index (κ3) is 5.80. The van der Waals surface area contributed by atoms with Crippen LogP contribution in [-0.4, -0.2) is 54.1 Å². The van der Waals surface area contributed by atoms with Crippen LogP contribution >= 0.6 is 0 Å². The molecule has 0 radical (unpaired) electrons. The number of imidazole rings is 1. The number of aromatic nitrogens is 4. The molecule has 9 nitrogen and oxygen atoms in total. The summed E-state index contributed by atoms with van der Waals surface area (Å²) in [6.45, 7) is 5.46. The van der Waals surface area contributed by atoms with Gasteiger partial charge in [0.15, 0.2) is 0 Å². The maximum absolute atomic E-state index is 11.5. The fourth-order valence-corrected chi connectivity index (χ4v) is 2.01. The molecule has 2 aromatic heterocycles. The Labute approximate surface area is 145 Å². The smallest absolute Gasteiger partial charge is 0.407 e. The Kier molecular flexibility index (Phi) is 6.05. The van der Waals surface area contributed by atoms with Gasteiger partial charge in [-0.3, -0.25) is 4.57 Å². The molecule has 2 heterocycles. The normalized spacial score (nSPS) is 14.0. The molecule has 0 fully saturated rings. The summed E-state index contributed by atoms with van der Waals surface area (Å²) in [4.78, 5) is 23.7. The van der Waals surface area contributed by atoms with Crippen molar-refractivity contribution in [2.24, 2.45) is 0 Å². The Balaban J connectivity index is 1.83. The van der Waals surface area contributed by atoms with Gasteiger partial charge in [0.1, 0.15) is 18.0 Å². The van der Waals surface area contributed by atoms with Gasteiger partial charge in [-0.25, -0.2) is 19.7 Å². The van der Waals surface area contributed by atoms with Crippen LogP contribution in [0.15, 0.2) is 31.1 Å². The molecule has 2 atom stereocenters. The van der Waals surface area contributed by atoms with Gasteiger partial charge in [-0.2, -0.15) is 0 Å². The number of aliphatic hydroxyl groups excluding tert-OH is 2. The maximum atomic E-state index is 11.5. The van der Waals surface area contributed by atoms with E-state index < -0.39 is 23.9 Å². The van der Waals surface area contributed by atoms with E-state index in [0.29, 0.717) is 11.5 Å². The van der Waals surface area contributed by atoms with Crippen molar-refractivity contribution in [1.82, 2.24) is 24.8 Å². The highest BCUT2D eigenvalue weighted by molar-refractivity contribution is 5.67. The topological polar surface area (TPSA) is 122 Å². The Morgan fingerprint density at radius 1 is 1.32 bits per heavy atom. The van der Waals surface area contributed by atoms with Crippen LogP contribution < -0.4 is 5.32 Å². The van der Waals surface area contributed by atoms with E-state index in [1.165, 1.54) is 12.4 Å². The zero-order chi connectivity index (χ0) is 18.4. The van der Waals surface area contributed by atoms with E-state index >= 15 is 0 Å². The van der Waals surface area contributed by atoms with Crippen molar-refractivity contribution < 1.29 is 19.7 Å². The first-order valence-electron chi connectivity index (χ1n) is 7.89. The molecule has 0 bridgehead atoms. The monoisotopic (exact) mass is 349 g/mol. The second kappa shape index (κ2) is 8.04. The van der Waals surface area contributed by atoms with Crippen molar-refractivity contribution >= 4 is 6.09 Å². The summed E-state index contributed by atoms with van der Waals surface area (Å²) in [5, 5.41) is 22.8. The van der Waals surface area contributed by atoms with Crippen molar-refractivity contribution in [2.45, 2.75) is 45.0 Å². The lowest BCUT2D eigenvalue weighted by Gasteiger charge is -2.21. The van der Waals surface area contributed by atoms with Gasteiger partial charge in [0.2, 0.25) is 5.95 Å². The number of carbonyl (C=O) groups is 1. The number of aliphatic hydroxyl groups is 2. The third-order valence-electron chi connectivity index (χ3n) is 3.21. The van der Waals surface area contributed by atoms with E-state index in [9.17, 15) is 15.0 Å². The number of hydrogen-bond acceptors (Lipinski definition) is 7. The molecule has 0 saturated heterocycles. The molecule has 2 unspecified atom stereocenters. The summed E-state index contributed by atoms with van der Waals surface area (Å²) in [5.74, 6) is 0.412. The molecule has 0 saturated carbocycles. The SMILES string of the molecule is CC(C)(C)OC(=O)NCCC(O)C(O)c1cnc(-n2ccnc2)nc1. The van der Waals surface area contributed by atoms with Gasteiger partial charge in [-0.05, 0) is 27.2 Å². The summed E-state index contributed by atoms with van der Waals surface area (Å²) < 4.78 is 6.71. The van der Waals surface area contributed by atoms with Crippen LogP contribution in [-0.2, 0) is 4.74 Å². The largest absolute Gasteiger partial charge is 0.444 e.